The van der Waals surface area contributed by atoms with Gasteiger partial charge in [-0.25, -0.2) is 13.4 Å². The SMILES string of the molecule is COCCn1c(CN2CCC[C@H](COC)C2)cnc1S(=O)(=O)CC1CCCCC1. The molecular weight excluding hydrogens is 390 g/mol. The van der Waals surface area contributed by atoms with E-state index in [2.05, 4.69) is 9.88 Å². The Morgan fingerprint density at radius 2 is 1.83 bits per heavy atom. The number of sulfone groups is 1. The van der Waals surface area contributed by atoms with Crippen molar-refractivity contribution in [2.45, 2.75) is 63.2 Å². The topological polar surface area (TPSA) is 73.7 Å². The normalized spacial score (nSPS) is 22.2. The number of aromatic nitrogens is 2. The van der Waals surface area contributed by atoms with Gasteiger partial charge in [0, 0.05) is 33.9 Å². The molecular formula is C21H37N3O4S. The zero-order chi connectivity index (χ0) is 20.7. The minimum absolute atomic E-state index is 0.218. The van der Waals surface area contributed by atoms with Crippen LogP contribution in [0.2, 0.25) is 0 Å². The van der Waals surface area contributed by atoms with Crippen molar-refractivity contribution < 1.29 is 17.9 Å². The summed E-state index contributed by atoms with van der Waals surface area (Å²) in [4.78, 5) is 6.79. The van der Waals surface area contributed by atoms with Crippen molar-refractivity contribution in [3.63, 3.8) is 0 Å². The molecule has 1 saturated heterocycles. The number of ether oxygens (including phenoxy) is 2. The van der Waals surface area contributed by atoms with Gasteiger partial charge in [0.15, 0.2) is 0 Å². The molecule has 0 unspecified atom stereocenters. The van der Waals surface area contributed by atoms with E-state index < -0.39 is 9.84 Å². The van der Waals surface area contributed by atoms with Crippen LogP contribution in [0.5, 0.6) is 0 Å². The minimum atomic E-state index is -3.40. The largest absolute Gasteiger partial charge is 0.384 e. The molecule has 0 spiro atoms. The van der Waals surface area contributed by atoms with E-state index in [4.69, 9.17) is 9.47 Å². The molecule has 2 aliphatic rings. The van der Waals surface area contributed by atoms with Gasteiger partial charge < -0.3 is 14.0 Å². The molecule has 1 aliphatic heterocycles. The Morgan fingerprint density at radius 3 is 2.55 bits per heavy atom. The number of piperidine rings is 1. The zero-order valence-corrected chi connectivity index (χ0v) is 18.8. The third kappa shape index (κ3) is 6.26. The number of hydrogen-bond donors (Lipinski definition) is 0. The van der Waals surface area contributed by atoms with Crippen molar-refractivity contribution in [3.05, 3.63) is 11.9 Å². The van der Waals surface area contributed by atoms with Crippen molar-refractivity contribution in [1.29, 1.82) is 0 Å². The van der Waals surface area contributed by atoms with Gasteiger partial charge in [-0.3, -0.25) is 4.90 Å². The van der Waals surface area contributed by atoms with Crippen molar-refractivity contribution >= 4 is 9.84 Å². The van der Waals surface area contributed by atoms with E-state index in [0.29, 0.717) is 19.1 Å². The van der Waals surface area contributed by atoms with Crippen molar-refractivity contribution in [2.24, 2.45) is 11.8 Å². The van der Waals surface area contributed by atoms with E-state index in [-0.39, 0.29) is 16.8 Å². The van der Waals surface area contributed by atoms with Crippen LogP contribution in [0.4, 0.5) is 0 Å². The predicted octanol–water partition coefficient (Wildman–Crippen LogP) is 2.74. The van der Waals surface area contributed by atoms with Crippen molar-refractivity contribution in [2.75, 3.05) is 46.3 Å². The fourth-order valence-electron chi connectivity index (χ4n) is 4.82. The summed E-state index contributed by atoms with van der Waals surface area (Å²) in [7, 11) is -0.00474. The van der Waals surface area contributed by atoms with Gasteiger partial charge in [-0.05, 0) is 44.1 Å². The van der Waals surface area contributed by atoms with E-state index in [1.165, 1.54) is 12.8 Å². The molecule has 166 valence electrons. The maximum Gasteiger partial charge on any atom is 0.227 e. The molecule has 0 bridgehead atoms. The molecule has 1 aromatic heterocycles. The highest BCUT2D eigenvalue weighted by Crippen LogP contribution is 2.27. The zero-order valence-electron chi connectivity index (χ0n) is 18.0. The van der Waals surface area contributed by atoms with E-state index in [1.807, 2.05) is 4.57 Å². The Morgan fingerprint density at radius 1 is 1.07 bits per heavy atom. The summed E-state index contributed by atoms with van der Waals surface area (Å²) in [6.07, 6.45) is 9.62. The number of imidazole rings is 1. The lowest BCUT2D eigenvalue weighted by molar-refractivity contribution is 0.0857. The van der Waals surface area contributed by atoms with Gasteiger partial charge in [0.05, 0.1) is 30.9 Å². The highest BCUT2D eigenvalue weighted by Gasteiger charge is 2.29. The second kappa shape index (κ2) is 10.9. The molecule has 7 nitrogen and oxygen atoms in total. The number of nitrogens with zero attached hydrogens (tertiary/aromatic N) is 3. The smallest absolute Gasteiger partial charge is 0.227 e. The summed E-state index contributed by atoms with van der Waals surface area (Å²) in [5, 5.41) is 0.223. The van der Waals surface area contributed by atoms with Crippen LogP contribution in [-0.4, -0.2) is 69.1 Å². The molecule has 29 heavy (non-hydrogen) atoms. The standard InChI is InChI=1S/C21H37N3O4S/c1-27-12-11-24-20(15-23-10-6-9-19(14-23)16-28-2)13-22-21(24)29(25,26)17-18-7-4-3-5-8-18/h13,18-19H,3-12,14-17H2,1-2H3/t19-/m0/s1. The van der Waals surface area contributed by atoms with Crippen LogP contribution in [-0.2, 0) is 32.4 Å². The Hall–Kier alpha value is -0.960. The fourth-order valence-corrected chi connectivity index (χ4v) is 6.68. The summed E-state index contributed by atoms with van der Waals surface area (Å²) < 4.78 is 38.8. The second-order valence-electron chi connectivity index (χ2n) is 8.66. The van der Waals surface area contributed by atoms with Crippen LogP contribution in [0.1, 0.15) is 50.6 Å². The Labute approximate surface area is 175 Å². The molecule has 1 saturated carbocycles. The quantitative estimate of drug-likeness (QED) is 0.572. The molecule has 2 heterocycles. The molecule has 8 heteroatoms. The number of likely N-dealkylation sites (tertiary alicyclic amines) is 1. The van der Waals surface area contributed by atoms with Gasteiger partial charge in [-0.1, -0.05) is 19.3 Å². The summed E-state index contributed by atoms with van der Waals surface area (Å²) >= 11 is 0. The minimum Gasteiger partial charge on any atom is -0.384 e. The van der Waals surface area contributed by atoms with Gasteiger partial charge >= 0.3 is 0 Å². The fraction of sp³-hybridized carbons (Fsp3) is 0.857. The number of methoxy groups -OCH3 is 2. The van der Waals surface area contributed by atoms with Gasteiger partial charge in [-0.2, -0.15) is 0 Å². The Bertz CT molecular complexity index is 726. The van der Waals surface area contributed by atoms with Crippen molar-refractivity contribution in [1.82, 2.24) is 14.5 Å². The van der Waals surface area contributed by atoms with Crippen LogP contribution >= 0.6 is 0 Å². The third-order valence-electron chi connectivity index (χ3n) is 6.27. The Kier molecular flexibility index (Phi) is 8.53. The first-order valence-electron chi connectivity index (χ1n) is 11.0. The van der Waals surface area contributed by atoms with Gasteiger partial charge in [-0.15, -0.1) is 0 Å². The lowest BCUT2D eigenvalue weighted by Gasteiger charge is -2.32. The monoisotopic (exact) mass is 427 g/mol. The van der Waals surface area contributed by atoms with E-state index in [0.717, 1.165) is 64.0 Å². The molecule has 0 aromatic carbocycles. The molecule has 1 atom stereocenters. The highest BCUT2D eigenvalue weighted by atomic mass is 32.2. The molecule has 1 aliphatic carbocycles. The van der Waals surface area contributed by atoms with E-state index >= 15 is 0 Å². The van der Waals surface area contributed by atoms with Gasteiger partial charge in [0.1, 0.15) is 0 Å². The molecule has 0 radical (unpaired) electrons. The predicted molar refractivity (Wildman–Crippen MR) is 113 cm³/mol. The first-order valence-corrected chi connectivity index (χ1v) is 12.7. The van der Waals surface area contributed by atoms with Gasteiger partial charge in [0.2, 0.25) is 15.0 Å². The molecule has 0 N–H and O–H groups in total. The van der Waals surface area contributed by atoms with E-state index in [9.17, 15) is 8.42 Å². The maximum atomic E-state index is 13.2. The highest BCUT2D eigenvalue weighted by molar-refractivity contribution is 7.91. The van der Waals surface area contributed by atoms with Crippen LogP contribution in [0, 0.1) is 11.8 Å². The molecule has 3 rings (SSSR count). The van der Waals surface area contributed by atoms with Crippen molar-refractivity contribution in [3.8, 4) is 0 Å². The average molecular weight is 428 g/mol. The molecule has 1 aromatic rings. The summed E-state index contributed by atoms with van der Waals surface area (Å²) in [6, 6.07) is 0. The number of hydrogen-bond acceptors (Lipinski definition) is 6. The number of rotatable bonds is 10. The molecule has 2 fully saturated rings. The first kappa shape index (κ1) is 22.7. The maximum absolute atomic E-state index is 13.2. The van der Waals surface area contributed by atoms with Crippen LogP contribution in [0.25, 0.3) is 0 Å². The second-order valence-corrected chi connectivity index (χ2v) is 10.6. The average Bonchev–Trinajstić information content (AvgIpc) is 3.11. The van der Waals surface area contributed by atoms with Gasteiger partial charge in [0.25, 0.3) is 0 Å². The summed E-state index contributed by atoms with van der Waals surface area (Å²) in [5.41, 5.74) is 0.960. The summed E-state index contributed by atoms with van der Waals surface area (Å²) in [6.45, 7) is 4.49. The van der Waals surface area contributed by atoms with E-state index in [1.54, 1.807) is 20.4 Å². The third-order valence-corrected chi connectivity index (χ3v) is 8.06. The molecule has 0 amide bonds. The lowest BCUT2D eigenvalue weighted by atomic mass is 9.91. The summed E-state index contributed by atoms with van der Waals surface area (Å²) in [5.74, 6) is 1.02. The van der Waals surface area contributed by atoms with Crippen LogP contribution in [0.15, 0.2) is 11.4 Å². The Balaban J connectivity index is 1.75. The first-order chi connectivity index (χ1) is 14.0. The van der Waals surface area contributed by atoms with Crippen LogP contribution in [0.3, 0.4) is 0 Å². The lowest BCUT2D eigenvalue weighted by Crippen LogP contribution is -2.37. The van der Waals surface area contributed by atoms with Crippen LogP contribution < -0.4 is 0 Å².